The molecule has 1 fully saturated rings. The molecule has 0 spiro atoms. The molecule has 3 heterocycles. The minimum Gasteiger partial charge on any atom is -0.450 e. The maximum absolute atomic E-state index is 13.3. The smallest absolute Gasteiger partial charge is 0.409 e. The summed E-state index contributed by atoms with van der Waals surface area (Å²) < 4.78 is 6.64. The van der Waals surface area contributed by atoms with Gasteiger partial charge in [0.2, 0.25) is 5.91 Å². The Morgan fingerprint density at radius 1 is 1.16 bits per heavy atom. The molecule has 170 valence electrons. The summed E-state index contributed by atoms with van der Waals surface area (Å²) in [6.45, 7) is 6.04. The highest BCUT2D eigenvalue weighted by atomic mass is 32.2. The second-order valence-electron chi connectivity index (χ2n) is 7.63. The molecule has 10 heteroatoms. The van der Waals surface area contributed by atoms with Gasteiger partial charge >= 0.3 is 6.09 Å². The van der Waals surface area contributed by atoms with E-state index in [-0.39, 0.29) is 23.3 Å². The lowest BCUT2D eigenvalue weighted by molar-refractivity contribution is -0.129. The number of amides is 2. The van der Waals surface area contributed by atoms with Crippen LogP contribution >= 0.6 is 23.5 Å². The van der Waals surface area contributed by atoms with E-state index in [0.29, 0.717) is 48.1 Å². The van der Waals surface area contributed by atoms with E-state index in [9.17, 15) is 14.4 Å². The van der Waals surface area contributed by atoms with Crippen molar-refractivity contribution in [1.29, 1.82) is 0 Å². The van der Waals surface area contributed by atoms with Crippen LogP contribution < -0.4 is 5.56 Å². The summed E-state index contributed by atoms with van der Waals surface area (Å²) in [5.74, 6) is 0.149. The molecule has 2 aliphatic rings. The van der Waals surface area contributed by atoms with Crippen LogP contribution in [0.25, 0.3) is 5.69 Å². The number of ether oxygens (including phenoxy) is 1. The van der Waals surface area contributed by atoms with Gasteiger partial charge in [0.25, 0.3) is 5.56 Å². The summed E-state index contributed by atoms with van der Waals surface area (Å²) in [5, 5.41) is 0.847. The van der Waals surface area contributed by atoms with E-state index in [2.05, 4.69) is 6.92 Å². The van der Waals surface area contributed by atoms with Crippen molar-refractivity contribution in [2.24, 2.45) is 0 Å². The van der Waals surface area contributed by atoms with Crippen LogP contribution in [-0.2, 0) is 16.0 Å². The SMILES string of the molecule is CCOC(=O)N1CCN(C(=O)CSc2nc3c(c(=O)n2-c2ccccc2)SC(C)C3)CC1. The van der Waals surface area contributed by atoms with Gasteiger partial charge in [-0.1, -0.05) is 36.9 Å². The fourth-order valence-corrected chi connectivity index (χ4v) is 5.80. The number of thioether (sulfide) groups is 2. The standard InChI is InChI=1S/C22H26N4O4S2/c1-3-30-22(29)25-11-9-24(10-12-25)18(27)14-31-21-23-17-13-15(2)32-19(17)20(28)26(21)16-7-5-4-6-8-16/h4-8,15H,3,9-14H2,1-2H3. The first-order valence-electron chi connectivity index (χ1n) is 10.7. The van der Waals surface area contributed by atoms with E-state index < -0.39 is 0 Å². The number of piperazine rings is 1. The molecule has 0 aliphatic carbocycles. The van der Waals surface area contributed by atoms with Crippen molar-refractivity contribution in [3.63, 3.8) is 0 Å². The summed E-state index contributed by atoms with van der Waals surface area (Å²) in [6, 6.07) is 9.41. The van der Waals surface area contributed by atoms with Gasteiger partial charge in [-0.15, -0.1) is 11.8 Å². The van der Waals surface area contributed by atoms with Gasteiger partial charge in [0.1, 0.15) is 0 Å². The molecule has 0 N–H and O–H groups in total. The molecule has 32 heavy (non-hydrogen) atoms. The average Bonchev–Trinajstić information content (AvgIpc) is 3.19. The van der Waals surface area contributed by atoms with E-state index in [1.54, 1.807) is 33.1 Å². The molecule has 2 aliphatic heterocycles. The lowest BCUT2D eigenvalue weighted by Gasteiger charge is -2.34. The van der Waals surface area contributed by atoms with Crippen LogP contribution in [0.3, 0.4) is 0 Å². The Bertz CT molecular complexity index is 1050. The van der Waals surface area contributed by atoms with Crippen molar-refractivity contribution >= 4 is 35.5 Å². The van der Waals surface area contributed by atoms with Gasteiger partial charge in [-0.2, -0.15) is 0 Å². The summed E-state index contributed by atoms with van der Waals surface area (Å²) in [4.78, 5) is 46.8. The molecule has 0 bridgehead atoms. The summed E-state index contributed by atoms with van der Waals surface area (Å²) in [6.07, 6.45) is 0.414. The maximum Gasteiger partial charge on any atom is 0.409 e. The summed E-state index contributed by atoms with van der Waals surface area (Å²) in [7, 11) is 0. The van der Waals surface area contributed by atoms with Crippen LogP contribution in [0.15, 0.2) is 45.2 Å². The van der Waals surface area contributed by atoms with E-state index in [4.69, 9.17) is 9.72 Å². The lowest BCUT2D eigenvalue weighted by atomic mass is 10.2. The van der Waals surface area contributed by atoms with Gasteiger partial charge in [0.15, 0.2) is 5.16 Å². The van der Waals surface area contributed by atoms with Crippen molar-refractivity contribution in [3.05, 3.63) is 46.4 Å². The molecule has 1 aromatic carbocycles. The Morgan fingerprint density at radius 3 is 2.53 bits per heavy atom. The Balaban J connectivity index is 1.48. The largest absolute Gasteiger partial charge is 0.450 e. The minimum atomic E-state index is -0.338. The molecular weight excluding hydrogens is 448 g/mol. The molecule has 2 aromatic rings. The molecule has 1 aromatic heterocycles. The molecule has 8 nitrogen and oxygen atoms in total. The quantitative estimate of drug-likeness (QED) is 0.487. The van der Waals surface area contributed by atoms with Crippen molar-refractivity contribution in [1.82, 2.24) is 19.4 Å². The third-order valence-corrected chi connectivity index (χ3v) is 7.52. The van der Waals surface area contributed by atoms with Crippen molar-refractivity contribution in [2.45, 2.75) is 35.6 Å². The van der Waals surface area contributed by atoms with Crippen molar-refractivity contribution < 1.29 is 14.3 Å². The third-order valence-electron chi connectivity index (χ3n) is 5.38. The predicted octanol–water partition coefficient (Wildman–Crippen LogP) is 2.66. The number of nitrogens with zero attached hydrogens (tertiary/aromatic N) is 4. The number of rotatable bonds is 5. The monoisotopic (exact) mass is 474 g/mol. The number of hydrogen-bond donors (Lipinski definition) is 0. The van der Waals surface area contributed by atoms with Crippen LogP contribution in [0.1, 0.15) is 19.5 Å². The minimum absolute atomic E-state index is 0.0318. The van der Waals surface area contributed by atoms with Crippen LogP contribution in [0.5, 0.6) is 0 Å². The Kier molecular flexibility index (Phi) is 7.10. The lowest BCUT2D eigenvalue weighted by Crippen LogP contribution is -2.51. The molecule has 2 amide bonds. The fourth-order valence-electron chi connectivity index (χ4n) is 3.77. The van der Waals surface area contributed by atoms with Crippen LogP contribution in [0.4, 0.5) is 4.79 Å². The highest BCUT2D eigenvalue weighted by molar-refractivity contribution is 8.00. The third kappa shape index (κ3) is 4.80. The molecule has 1 unspecified atom stereocenters. The van der Waals surface area contributed by atoms with Crippen molar-refractivity contribution in [2.75, 3.05) is 38.5 Å². The van der Waals surface area contributed by atoms with Gasteiger partial charge in [0, 0.05) is 37.8 Å². The number of hydrogen-bond acceptors (Lipinski definition) is 7. The Morgan fingerprint density at radius 2 is 1.84 bits per heavy atom. The number of benzene rings is 1. The van der Waals surface area contributed by atoms with E-state index >= 15 is 0 Å². The fraction of sp³-hybridized carbons (Fsp3) is 0.455. The molecule has 1 atom stereocenters. The molecule has 4 rings (SSSR count). The number of carbonyl (C=O) groups is 2. The van der Waals surface area contributed by atoms with Gasteiger partial charge in [0.05, 0.1) is 28.6 Å². The van der Waals surface area contributed by atoms with Gasteiger partial charge < -0.3 is 14.5 Å². The molecular formula is C22H26N4O4S2. The second kappa shape index (κ2) is 9.99. The molecule has 0 saturated carbocycles. The number of para-hydroxylation sites is 1. The highest BCUT2D eigenvalue weighted by Gasteiger charge is 2.28. The highest BCUT2D eigenvalue weighted by Crippen LogP contribution is 2.34. The zero-order chi connectivity index (χ0) is 22.7. The summed E-state index contributed by atoms with van der Waals surface area (Å²) >= 11 is 2.85. The van der Waals surface area contributed by atoms with E-state index in [1.165, 1.54) is 11.8 Å². The average molecular weight is 475 g/mol. The maximum atomic E-state index is 13.3. The number of aromatic nitrogens is 2. The number of fused-ring (bicyclic) bond motifs is 1. The van der Waals surface area contributed by atoms with Gasteiger partial charge in [-0.3, -0.25) is 14.2 Å². The van der Waals surface area contributed by atoms with E-state index in [0.717, 1.165) is 17.8 Å². The Hall–Kier alpha value is -2.46. The van der Waals surface area contributed by atoms with Crippen LogP contribution in [-0.4, -0.2) is 75.1 Å². The first-order valence-corrected chi connectivity index (χ1v) is 12.5. The zero-order valence-corrected chi connectivity index (χ0v) is 19.8. The van der Waals surface area contributed by atoms with Crippen molar-refractivity contribution in [3.8, 4) is 5.69 Å². The summed E-state index contributed by atoms with van der Waals surface area (Å²) in [5.41, 5.74) is 1.48. The van der Waals surface area contributed by atoms with Gasteiger partial charge in [-0.05, 0) is 19.1 Å². The van der Waals surface area contributed by atoms with E-state index in [1.807, 2.05) is 30.3 Å². The normalized spacial score (nSPS) is 17.9. The topological polar surface area (TPSA) is 84.7 Å². The first kappa shape index (κ1) is 22.7. The number of carbonyl (C=O) groups excluding carboxylic acids is 2. The van der Waals surface area contributed by atoms with Gasteiger partial charge in [-0.25, -0.2) is 9.78 Å². The first-order chi connectivity index (χ1) is 15.5. The molecule has 0 radical (unpaired) electrons. The Labute approximate surface area is 195 Å². The predicted molar refractivity (Wildman–Crippen MR) is 125 cm³/mol. The zero-order valence-electron chi connectivity index (χ0n) is 18.2. The molecule has 1 saturated heterocycles. The second-order valence-corrected chi connectivity index (χ2v) is 10.0. The van der Waals surface area contributed by atoms with Crippen LogP contribution in [0, 0.1) is 0 Å². The van der Waals surface area contributed by atoms with Crippen LogP contribution in [0.2, 0.25) is 0 Å².